The van der Waals surface area contributed by atoms with Crippen LogP contribution in [0.3, 0.4) is 0 Å². The molecule has 1 aliphatic carbocycles. The lowest BCUT2D eigenvalue weighted by Crippen LogP contribution is -2.40. The van der Waals surface area contributed by atoms with Crippen LogP contribution in [0.15, 0.2) is 67.0 Å². The van der Waals surface area contributed by atoms with Crippen molar-refractivity contribution in [2.24, 2.45) is 5.92 Å². The number of halogens is 4. The Labute approximate surface area is 247 Å². The van der Waals surface area contributed by atoms with E-state index in [1.807, 2.05) is 0 Å². The van der Waals surface area contributed by atoms with E-state index in [9.17, 15) is 23.5 Å². The second-order valence-corrected chi connectivity index (χ2v) is 11.1. The molecule has 44 heavy (non-hydrogen) atoms. The first-order valence-electron chi connectivity index (χ1n) is 13.9. The van der Waals surface area contributed by atoms with Crippen molar-refractivity contribution in [1.82, 2.24) is 29.3 Å². The molecular weight excluding hydrogens is 580 g/mol. The molecule has 1 saturated carbocycles. The van der Waals surface area contributed by atoms with Crippen LogP contribution in [0.25, 0.3) is 28.2 Å². The third kappa shape index (κ3) is 4.59. The van der Waals surface area contributed by atoms with Gasteiger partial charge in [-0.2, -0.15) is 19.0 Å². The molecule has 3 aromatic heterocycles. The lowest BCUT2D eigenvalue weighted by atomic mass is 9.92. The largest absolute Gasteiger partial charge is 0.481 e. The van der Waals surface area contributed by atoms with Gasteiger partial charge in [0.05, 0.1) is 36.1 Å². The molecule has 0 spiro atoms. The van der Waals surface area contributed by atoms with Gasteiger partial charge in [-0.25, -0.2) is 23.0 Å². The molecule has 224 valence electrons. The number of aromatic nitrogens is 5. The van der Waals surface area contributed by atoms with Gasteiger partial charge in [-0.15, -0.1) is 0 Å². The SMILES string of the molecule is C[C@@H]1c2ccccc2[C@H](F)CN1C(=O)c1cc(-c2cnn(C(F)F)c2)n2nc(-c3ccc([C@H]4C[C@@H]4C(=O)O)cc3F)cc2n1. The van der Waals surface area contributed by atoms with Gasteiger partial charge < -0.3 is 10.0 Å². The third-order valence-electron chi connectivity index (χ3n) is 8.42. The zero-order valence-corrected chi connectivity index (χ0v) is 23.1. The van der Waals surface area contributed by atoms with E-state index in [4.69, 9.17) is 0 Å². The van der Waals surface area contributed by atoms with Crippen LogP contribution in [-0.2, 0) is 4.79 Å². The first kappa shape index (κ1) is 27.7. The number of hydrogen-bond donors (Lipinski definition) is 1. The number of carboxylic acids is 1. The third-order valence-corrected chi connectivity index (χ3v) is 8.42. The maximum atomic E-state index is 15.3. The minimum absolute atomic E-state index is 0.0774. The molecule has 0 saturated heterocycles. The van der Waals surface area contributed by atoms with Crippen LogP contribution in [0.1, 0.15) is 65.2 Å². The Morgan fingerprint density at radius 3 is 2.52 bits per heavy atom. The van der Waals surface area contributed by atoms with Crippen molar-refractivity contribution in [1.29, 1.82) is 0 Å². The highest BCUT2D eigenvalue weighted by Gasteiger charge is 2.44. The molecule has 7 rings (SSSR count). The van der Waals surface area contributed by atoms with Gasteiger partial charge in [0.15, 0.2) is 5.65 Å². The number of amides is 1. The van der Waals surface area contributed by atoms with Gasteiger partial charge in [0, 0.05) is 23.4 Å². The van der Waals surface area contributed by atoms with Crippen molar-refractivity contribution in [2.45, 2.75) is 38.0 Å². The van der Waals surface area contributed by atoms with Crippen molar-refractivity contribution in [3.8, 4) is 22.5 Å². The van der Waals surface area contributed by atoms with Crippen molar-refractivity contribution in [3.05, 3.63) is 95.2 Å². The summed E-state index contributed by atoms with van der Waals surface area (Å²) in [7, 11) is 0. The van der Waals surface area contributed by atoms with Crippen molar-refractivity contribution >= 4 is 17.5 Å². The van der Waals surface area contributed by atoms with Gasteiger partial charge in [-0.3, -0.25) is 9.59 Å². The molecule has 4 atom stereocenters. The van der Waals surface area contributed by atoms with Crippen LogP contribution in [0.4, 0.5) is 17.6 Å². The molecule has 0 unspecified atom stereocenters. The summed E-state index contributed by atoms with van der Waals surface area (Å²) < 4.78 is 59.0. The molecule has 4 heterocycles. The number of alkyl halides is 3. The number of hydrogen-bond acceptors (Lipinski definition) is 5. The van der Waals surface area contributed by atoms with E-state index in [1.165, 1.54) is 39.9 Å². The average Bonchev–Trinajstić information content (AvgIpc) is 3.46. The summed E-state index contributed by atoms with van der Waals surface area (Å²) in [5.41, 5.74) is 2.46. The number of aliphatic carboxylic acids is 1. The number of carboxylic acid groups (broad SMARTS) is 1. The van der Waals surface area contributed by atoms with Gasteiger partial charge in [-0.1, -0.05) is 30.3 Å². The Morgan fingerprint density at radius 2 is 1.84 bits per heavy atom. The highest BCUT2D eigenvalue weighted by Crippen LogP contribution is 2.48. The highest BCUT2D eigenvalue weighted by atomic mass is 19.3. The topological polar surface area (TPSA) is 106 Å². The molecule has 5 aromatic rings. The zero-order valence-electron chi connectivity index (χ0n) is 23.1. The fourth-order valence-electron chi connectivity index (χ4n) is 5.98. The summed E-state index contributed by atoms with van der Waals surface area (Å²) in [6, 6.07) is 13.8. The number of carbonyl (C=O) groups excluding carboxylic acids is 1. The van der Waals surface area contributed by atoms with Gasteiger partial charge >= 0.3 is 12.5 Å². The standard InChI is InChI=1S/C31H24F4N6O3/c1-15-18-4-2-3-5-19(18)24(33)14-39(15)29(42)26-10-27(17-12-36-40(13-17)31(34)35)41-28(37-26)11-25(38-41)20-7-6-16(8-23(20)32)21-9-22(21)30(43)44/h2-8,10-13,15,21-22,24,31H,9,14H2,1H3,(H,43,44)/t15-,21-,22+,24-/m1/s1. The average molecular weight is 605 g/mol. The summed E-state index contributed by atoms with van der Waals surface area (Å²) in [6.45, 7) is -1.32. The van der Waals surface area contributed by atoms with E-state index in [2.05, 4.69) is 15.2 Å². The summed E-state index contributed by atoms with van der Waals surface area (Å²) >= 11 is 0. The molecule has 13 heteroatoms. The molecule has 2 aromatic carbocycles. The fourth-order valence-corrected chi connectivity index (χ4v) is 5.98. The Bertz CT molecular complexity index is 1960. The van der Waals surface area contributed by atoms with Gasteiger partial charge in [-0.05, 0) is 54.2 Å². The fraction of sp³-hybridized carbons (Fsp3) is 0.258. The van der Waals surface area contributed by atoms with Crippen LogP contribution < -0.4 is 0 Å². The van der Waals surface area contributed by atoms with E-state index in [-0.39, 0.29) is 46.3 Å². The van der Waals surface area contributed by atoms with E-state index < -0.39 is 42.4 Å². The number of fused-ring (bicyclic) bond motifs is 2. The summed E-state index contributed by atoms with van der Waals surface area (Å²) in [5.74, 6) is -2.94. The van der Waals surface area contributed by atoms with Crippen molar-refractivity contribution < 1.29 is 32.3 Å². The van der Waals surface area contributed by atoms with E-state index in [0.717, 1.165) is 6.20 Å². The number of nitrogens with zero attached hydrogens (tertiary/aromatic N) is 6. The molecule has 1 amide bonds. The quantitative estimate of drug-likeness (QED) is 0.231. The number of benzene rings is 2. The molecule has 1 N–H and O–H groups in total. The monoisotopic (exact) mass is 604 g/mol. The molecule has 0 radical (unpaired) electrons. The molecule has 1 aliphatic heterocycles. The summed E-state index contributed by atoms with van der Waals surface area (Å²) in [4.78, 5) is 31.0. The smallest absolute Gasteiger partial charge is 0.333 e. The molecule has 1 fully saturated rings. The van der Waals surface area contributed by atoms with Gasteiger partial charge in [0.2, 0.25) is 0 Å². The summed E-state index contributed by atoms with van der Waals surface area (Å²) in [5, 5.41) is 17.4. The maximum absolute atomic E-state index is 15.3. The molecular formula is C31H24F4N6O3. The minimum Gasteiger partial charge on any atom is -0.481 e. The Balaban J connectivity index is 1.31. The van der Waals surface area contributed by atoms with Crippen molar-refractivity contribution in [2.75, 3.05) is 6.54 Å². The second kappa shape index (κ2) is 10.3. The summed E-state index contributed by atoms with van der Waals surface area (Å²) in [6.07, 6.45) is 1.31. The highest BCUT2D eigenvalue weighted by molar-refractivity contribution is 5.94. The lowest BCUT2D eigenvalue weighted by Gasteiger charge is -2.36. The Morgan fingerprint density at radius 1 is 1.07 bits per heavy atom. The normalized spacial score (nSPS) is 21.1. The van der Waals surface area contributed by atoms with Crippen molar-refractivity contribution in [3.63, 3.8) is 0 Å². The first-order chi connectivity index (χ1) is 21.1. The lowest BCUT2D eigenvalue weighted by molar-refractivity contribution is -0.138. The van der Waals surface area contributed by atoms with E-state index >= 15 is 8.78 Å². The predicted octanol–water partition coefficient (Wildman–Crippen LogP) is 6.21. The molecule has 0 bridgehead atoms. The maximum Gasteiger partial charge on any atom is 0.333 e. The Kier molecular flexibility index (Phi) is 6.48. The first-order valence-corrected chi connectivity index (χ1v) is 13.9. The van der Waals surface area contributed by atoms with Crippen LogP contribution in [0, 0.1) is 11.7 Å². The van der Waals surface area contributed by atoms with Gasteiger partial charge in [0.1, 0.15) is 17.7 Å². The van der Waals surface area contributed by atoms with Crippen LogP contribution >= 0.6 is 0 Å². The van der Waals surface area contributed by atoms with Crippen LogP contribution in [0.5, 0.6) is 0 Å². The van der Waals surface area contributed by atoms with E-state index in [1.54, 1.807) is 37.3 Å². The molecule has 2 aliphatic rings. The van der Waals surface area contributed by atoms with Crippen LogP contribution in [0.2, 0.25) is 0 Å². The molecule has 9 nitrogen and oxygen atoms in total. The Hall–Kier alpha value is -5.07. The zero-order chi connectivity index (χ0) is 30.9. The number of carbonyl (C=O) groups is 2. The number of rotatable bonds is 6. The van der Waals surface area contributed by atoms with E-state index in [0.29, 0.717) is 27.8 Å². The van der Waals surface area contributed by atoms with Crippen LogP contribution in [-0.4, -0.2) is 52.8 Å². The minimum atomic E-state index is -2.91. The van der Waals surface area contributed by atoms with Gasteiger partial charge in [0.25, 0.3) is 5.91 Å². The second-order valence-electron chi connectivity index (χ2n) is 11.1. The predicted molar refractivity (Wildman–Crippen MR) is 149 cm³/mol.